The fourth-order valence-corrected chi connectivity index (χ4v) is 4.20. The zero-order valence-corrected chi connectivity index (χ0v) is 17.4. The van der Waals surface area contributed by atoms with E-state index in [1.807, 2.05) is 0 Å². The molecule has 2 atom stereocenters. The summed E-state index contributed by atoms with van der Waals surface area (Å²) >= 11 is 0. The Morgan fingerprint density at radius 1 is 0.962 bits per heavy atom. The van der Waals surface area contributed by atoms with E-state index in [0.29, 0.717) is 12.1 Å². The van der Waals surface area contributed by atoms with Crippen molar-refractivity contribution in [1.29, 1.82) is 0 Å². The molecule has 2 aliphatic rings. The molecule has 2 heterocycles. The molecule has 6 heteroatoms. The third-order valence-corrected chi connectivity index (χ3v) is 6.40. The molecule has 26 heavy (non-hydrogen) atoms. The van der Waals surface area contributed by atoms with Gasteiger partial charge in [0, 0.05) is 51.4 Å². The number of hydrogen-bond donors (Lipinski definition) is 1. The average Bonchev–Trinajstić information content (AvgIpc) is 2.64. The number of nitrogens with zero attached hydrogens (tertiary/aromatic N) is 4. The van der Waals surface area contributed by atoms with E-state index in [1.54, 1.807) is 0 Å². The highest BCUT2D eigenvalue weighted by Gasteiger charge is 2.27. The largest absolute Gasteiger partial charge is 0.481 e. The maximum atomic E-state index is 11.1. The van der Waals surface area contributed by atoms with E-state index in [1.165, 1.54) is 45.6 Å². The van der Waals surface area contributed by atoms with Gasteiger partial charge in [0.1, 0.15) is 0 Å². The van der Waals surface area contributed by atoms with Crippen LogP contribution in [-0.2, 0) is 4.79 Å². The number of carboxylic acids is 1. The first kappa shape index (κ1) is 21.6. The lowest BCUT2D eigenvalue weighted by molar-refractivity contribution is -0.143. The minimum absolute atomic E-state index is 0.124. The van der Waals surface area contributed by atoms with Crippen molar-refractivity contribution in [2.45, 2.75) is 51.6 Å². The predicted octanol–water partition coefficient (Wildman–Crippen LogP) is 1.52. The van der Waals surface area contributed by atoms with Crippen LogP contribution in [0.2, 0.25) is 0 Å². The summed E-state index contributed by atoms with van der Waals surface area (Å²) in [4.78, 5) is 21.1. The Labute approximate surface area is 160 Å². The fourth-order valence-electron chi connectivity index (χ4n) is 4.20. The van der Waals surface area contributed by atoms with Crippen LogP contribution in [0.1, 0.15) is 39.5 Å². The van der Waals surface area contributed by atoms with Crippen molar-refractivity contribution in [2.75, 3.05) is 66.5 Å². The van der Waals surface area contributed by atoms with E-state index in [-0.39, 0.29) is 5.92 Å². The number of carboxylic acid groups (broad SMARTS) is 1. The van der Waals surface area contributed by atoms with Crippen molar-refractivity contribution < 1.29 is 9.90 Å². The summed E-state index contributed by atoms with van der Waals surface area (Å²) in [6.07, 6.45) is 4.06. The Kier molecular flexibility index (Phi) is 8.80. The molecule has 0 saturated carbocycles. The van der Waals surface area contributed by atoms with Crippen molar-refractivity contribution in [1.82, 2.24) is 19.6 Å². The Balaban J connectivity index is 1.63. The molecule has 0 aromatic rings. The van der Waals surface area contributed by atoms with Gasteiger partial charge in [-0.2, -0.15) is 0 Å². The smallest absolute Gasteiger partial charge is 0.306 e. The van der Waals surface area contributed by atoms with E-state index >= 15 is 0 Å². The Hall–Kier alpha value is -0.690. The van der Waals surface area contributed by atoms with Crippen molar-refractivity contribution in [3.63, 3.8) is 0 Å². The van der Waals surface area contributed by atoms with Gasteiger partial charge < -0.3 is 14.9 Å². The summed E-state index contributed by atoms with van der Waals surface area (Å²) in [6.45, 7) is 13.6. The zero-order chi connectivity index (χ0) is 19.1. The fraction of sp³-hybridized carbons (Fsp3) is 0.950. The van der Waals surface area contributed by atoms with Crippen LogP contribution in [-0.4, -0.2) is 109 Å². The second kappa shape index (κ2) is 10.6. The van der Waals surface area contributed by atoms with Gasteiger partial charge in [-0.15, -0.1) is 0 Å². The number of carbonyl (C=O) groups is 1. The van der Waals surface area contributed by atoms with Crippen LogP contribution >= 0.6 is 0 Å². The molecule has 0 aliphatic carbocycles. The molecule has 152 valence electrons. The van der Waals surface area contributed by atoms with Gasteiger partial charge in [0.2, 0.25) is 0 Å². The number of piperazine rings is 1. The lowest BCUT2D eigenvalue weighted by Crippen LogP contribution is -2.51. The van der Waals surface area contributed by atoms with Crippen LogP contribution in [0.25, 0.3) is 0 Å². The van der Waals surface area contributed by atoms with E-state index in [4.69, 9.17) is 5.11 Å². The zero-order valence-electron chi connectivity index (χ0n) is 17.4. The van der Waals surface area contributed by atoms with Gasteiger partial charge >= 0.3 is 5.97 Å². The van der Waals surface area contributed by atoms with Crippen molar-refractivity contribution >= 4 is 5.97 Å². The topological polar surface area (TPSA) is 50.3 Å². The van der Waals surface area contributed by atoms with E-state index in [2.05, 4.69) is 47.5 Å². The highest BCUT2D eigenvalue weighted by atomic mass is 16.4. The van der Waals surface area contributed by atoms with E-state index in [0.717, 1.165) is 32.5 Å². The number of likely N-dealkylation sites (N-methyl/N-ethyl adjacent to an activating group) is 1. The van der Waals surface area contributed by atoms with Gasteiger partial charge in [-0.3, -0.25) is 14.6 Å². The lowest BCUT2D eigenvalue weighted by Gasteiger charge is -2.39. The van der Waals surface area contributed by atoms with Gasteiger partial charge in [0.25, 0.3) is 0 Å². The molecule has 0 radical (unpaired) electrons. The van der Waals surface area contributed by atoms with Crippen LogP contribution < -0.4 is 0 Å². The molecule has 0 spiro atoms. The van der Waals surface area contributed by atoms with Crippen LogP contribution in [0.4, 0.5) is 0 Å². The quantitative estimate of drug-likeness (QED) is 0.666. The van der Waals surface area contributed by atoms with Gasteiger partial charge in [-0.25, -0.2) is 0 Å². The van der Waals surface area contributed by atoms with Crippen LogP contribution in [0.3, 0.4) is 0 Å². The molecule has 0 aromatic heterocycles. The molecular formula is C20H40N4O2. The minimum atomic E-state index is -0.615. The van der Waals surface area contributed by atoms with Crippen molar-refractivity contribution in [2.24, 2.45) is 5.92 Å². The maximum Gasteiger partial charge on any atom is 0.306 e. The maximum absolute atomic E-state index is 11.1. The second-order valence-electron chi connectivity index (χ2n) is 8.60. The average molecular weight is 369 g/mol. The number of piperidine rings is 1. The monoisotopic (exact) mass is 368 g/mol. The van der Waals surface area contributed by atoms with Gasteiger partial charge in [0.15, 0.2) is 0 Å². The Morgan fingerprint density at radius 2 is 1.46 bits per heavy atom. The van der Waals surface area contributed by atoms with Crippen LogP contribution in [0, 0.1) is 5.92 Å². The van der Waals surface area contributed by atoms with Crippen LogP contribution in [0.5, 0.6) is 0 Å². The minimum Gasteiger partial charge on any atom is -0.481 e. The second-order valence-corrected chi connectivity index (χ2v) is 8.60. The normalized spacial score (nSPS) is 24.0. The van der Waals surface area contributed by atoms with Gasteiger partial charge in [-0.1, -0.05) is 0 Å². The van der Waals surface area contributed by atoms with Crippen molar-refractivity contribution in [3.05, 3.63) is 0 Å². The number of aliphatic carboxylic acids is 1. The summed E-state index contributed by atoms with van der Waals surface area (Å²) in [5.41, 5.74) is 0. The molecule has 2 aliphatic heterocycles. The first-order valence-corrected chi connectivity index (χ1v) is 10.4. The standard InChI is InChI=1S/C20H40N4O2/c1-17(23-9-7-19(8-10-23)20(25)26)5-6-18(2)24-15-13-22(14-16-24)12-11-21(3)4/h17-19H,5-16H2,1-4H3,(H,25,26). The highest BCUT2D eigenvalue weighted by molar-refractivity contribution is 5.70. The van der Waals surface area contributed by atoms with E-state index < -0.39 is 5.97 Å². The molecule has 0 bridgehead atoms. The molecule has 0 aromatic carbocycles. The summed E-state index contributed by atoms with van der Waals surface area (Å²) < 4.78 is 0. The molecule has 0 amide bonds. The molecule has 2 saturated heterocycles. The Bertz CT molecular complexity index is 416. The first-order valence-electron chi connectivity index (χ1n) is 10.4. The third kappa shape index (κ3) is 6.80. The molecule has 2 unspecified atom stereocenters. The first-order chi connectivity index (χ1) is 12.4. The van der Waals surface area contributed by atoms with Gasteiger partial charge in [0.05, 0.1) is 5.92 Å². The summed E-state index contributed by atoms with van der Waals surface area (Å²) in [5, 5.41) is 9.13. The molecule has 6 nitrogen and oxygen atoms in total. The number of rotatable bonds is 9. The number of likely N-dealkylation sites (tertiary alicyclic amines) is 1. The Morgan fingerprint density at radius 3 is 1.92 bits per heavy atom. The predicted molar refractivity (Wildman–Crippen MR) is 107 cm³/mol. The van der Waals surface area contributed by atoms with Crippen LogP contribution in [0.15, 0.2) is 0 Å². The molecule has 1 N–H and O–H groups in total. The van der Waals surface area contributed by atoms with E-state index in [9.17, 15) is 4.79 Å². The van der Waals surface area contributed by atoms with Gasteiger partial charge in [-0.05, 0) is 66.7 Å². The molecule has 2 rings (SSSR count). The third-order valence-electron chi connectivity index (χ3n) is 6.40. The molecular weight excluding hydrogens is 328 g/mol. The lowest BCUT2D eigenvalue weighted by atomic mass is 9.95. The number of hydrogen-bond acceptors (Lipinski definition) is 5. The summed E-state index contributed by atoms with van der Waals surface area (Å²) in [5.74, 6) is -0.739. The summed E-state index contributed by atoms with van der Waals surface area (Å²) in [6, 6.07) is 1.21. The highest BCUT2D eigenvalue weighted by Crippen LogP contribution is 2.22. The summed E-state index contributed by atoms with van der Waals surface area (Å²) in [7, 11) is 4.29. The SMILES string of the molecule is CC(CCC(C)N1CCN(CCN(C)C)CC1)N1CCC(C(=O)O)CC1. The molecule has 2 fully saturated rings. The van der Waals surface area contributed by atoms with Crippen molar-refractivity contribution in [3.8, 4) is 0 Å².